The van der Waals surface area contributed by atoms with E-state index < -0.39 is 12.1 Å². The molecular formula is C19H24N4O4. The number of benzene rings is 1. The normalized spacial score (nSPS) is 20.3. The van der Waals surface area contributed by atoms with Crippen LogP contribution < -0.4 is 10.2 Å². The van der Waals surface area contributed by atoms with Gasteiger partial charge in [-0.1, -0.05) is 24.6 Å². The van der Waals surface area contributed by atoms with Crippen LogP contribution in [0.15, 0.2) is 24.3 Å². The third-order valence-corrected chi connectivity index (χ3v) is 4.85. The smallest absolute Gasteiger partial charge is 0.324 e. The summed E-state index contributed by atoms with van der Waals surface area (Å²) in [5, 5.41) is 2.55. The van der Waals surface area contributed by atoms with Gasteiger partial charge in [0.05, 0.1) is 6.42 Å². The second-order valence-corrected chi connectivity index (χ2v) is 6.89. The molecule has 144 valence electrons. The van der Waals surface area contributed by atoms with Gasteiger partial charge in [-0.2, -0.15) is 0 Å². The Hall–Kier alpha value is -2.90. The molecule has 5 amide bonds. The molecule has 0 spiro atoms. The van der Waals surface area contributed by atoms with E-state index in [-0.39, 0.29) is 30.7 Å². The van der Waals surface area contributed by atoms with Crippen LogP contribution >= 0.6 is 0 Å². The Kier molecular flexibility index (Phi) is 5.43. The van der Waals surface area contributed by atoms with Gasteiger partial charge in [-0.05, 0) is 25.5 Å². The lowest BCUT2D eigenvalue weighted by atomic mass is 10.1. The SMILES string of the molecule is CCCN1C(=O)N[C@H](CC(=O)N2CCN(c3ccc(C)cc3)C(=O)C2)C1=O. The molecule has 0 aliphatic carbocycles. The molecule has 0 bridgehead atoms. The van der Waals surface area contributed by atoms with Crippen molar-refractivity contribution in [3.05, 3.63) is 29.8 Å². The summed E-state index contributed by atoms with van der Waals surface area (Å²) in [6, 6.07) is 6.36. The molecule has 1 aromatic rings. The number of imide groups is 1. The Morgan fingerprint density at radius 3 is 2.48 bits per heavy atom. The van der Waals surface area contributed by atoms with Gasteiger partial charge in [0.15, 0.2) is 0 Å². The summed E-state index contributed by atoms with van der Waals surface area (Å²) in [5.74, 6) is -0.837. The molecule has 2 heterocycles. The highest BCUT2D eigenvalue weighted by molar-refractivity contribution is 6.06. The molecule has 3 rings (SSSR count). The number of rotatable bonds is 5. The van der Waals surface area contributed by atoms with Crippen LogP contribution in [0.2, 0.25) is 0 Å². The lowest BCUT2D eigenvalue weighted by Crippen LogP contribution is -2.53. The second kappa shape index (κ2) is 7.77. The van der Waals surface area contributed by atoms with Crippen LogP contribution in [0.4, 0.5) is 10.5 Å². The number of amides is 5. The first-order valence-corrected chi connectivity index (χ1v) is 9.17. The molecule has 0 radical (unpaired) electrons. The van der Waals surface area contributed by atoms with Gasteiger partial charge < -0.3 is 15.1 Å². The van der Waals surface area contributed by atoms with Crippen molar-refractivity contribution in [2.45, 2.75) is 32.7 Å². The average Bonchev–Trinajstić information content (AvgIpc) is 2.90. The van der Waals surface area contributed by atoms with Gasteiger partial charge in [0, 0.05) is 25.3 Å². The largest absolute Gasteiger partial charge is 0.331 e. The quantitative estimate of drug-likeness (QED) is 0.778. The van der Waals surface area contributed by atoms with Crippen molar-refractivity contribution in [3.8, 4) is 0 Å². The molecule has 0 aromatic heterocycles. The Balaban J connectivity index is 1.58. The highest BCUT2D eigenvalue weighted by Crippen LogP contribution is 2.19. The molecule has 0 unspecified atom stereocenters. The number of aryl methyl sites for hydroxylation is 1. The zero-order valence-electron chi connectivity index (χ0n) is 15.6. The summed E-state index contributed by atoms with van der Waals surface area (Å²) < 4.78 is 0. The van der Waals surface area contributed by atoms with E-state index in [2.05, 4.69) is 5.32 Å². The summed E-state index contributed by atoms with van der Waals surface area (Å²) in [7, 11) is 0. The maximum absolute atomic E-state index is 12.5. The van der Waals surface area contributed by atoms with Gasteiger partial charge in [0.25, 0.3) is 5.91 Å². The molecule has 27 heavy (non-hydrogen) atoms. The van der Waals surface area contributed by atoms with Crippen molar-refractivity contribution in [2.75, 3.05) is 31.1 Å². The molecular weight excluding hydrogens is 348 g/mol. The third kappa shape index (κ3) is 3.94. The monoisotopic (exact) mass is 372 g/mol. The number of carbonyl (C=O) groups excluding carboxylic acids is 4. The number of carbonyl (C=O) groups is 4. The molecule has 8 heteroatoms. The summed E-state index contributed by atoms with van der Waals surface area (Å²) in [5.41, 5.74) is 1.92. The number of hydrogen-bond donors (Lipinski definition) is 1. The predicted octanol–water partition coefficient (Wildman–Crippen LogP) is 0.891. The van der Waals surface area contributed by atoms with Crippen molar-refractivity contribution in [2.24, 2.45) is 0 Å². The minimum Gasteiger partial charge on any atom is -0.331 e. The lowest BCUT2D eigenvalue weighted by Gasteiger charge is -2.34. The molecule has 1 aromatic carbocycles. The number of anilines is 1. The fourth-order valence-electron chi connectivity index (χ4n) is 3.34. The Morgan fingerprint density at radius 1 is 1.15 bits per heavy atom. The topological polar surface area (TPSA) is 90.0 Å². The molecule has 2 aliphatic rings. The zero-order valence-corrected chi connectivity index (χ0v) is 15.6. The van der Waals surface area contributed by atoms with E-state index in [1.165, 1.54) is 4.90 Å². The van der Waals surface area contributed by atoms with E-state index in [1.54, 1.807) is 4.90 Å². The van der Waals surface area contributed by atoms with Gasteiger partial charge in [0.2, 0.25) is 11.8 Å². The van der Waals surface area contributed by atoms with Crippen molar-refractivity contribution in [1.29, 1.82) is 0 Å². The maximum Gasteiger partial charge on any atom is 0.324 e. The van der Waals surface area contributed by atoms with Crippen LogP contribution in [0, 0.1) is 6.92 Å². The van der Waals surface area contributed by atoms with E-state index in [0.717, 1.165) is 16.2 Å². The minimum absolute atomic E-state index is 0.0275. The molecule has 8 nitrogen and oxygen atoms in total. The van der Waals surface area contributed by atoms with Crippen LogP contribution in [0.25, 0.3) is 0 Å². The van der Waals surface area contributed by atoms with Gasteiger partial charge in [-0.3, -0.25) is 19.3 Å². The first kappa shape index (κ1) is 18.9. The number of piperazine rings is 1. The first-order valence-electron chi connectivity index (χ1n) is 9.17. The summed E-state index contributed by atoms with van der Waals surface area (Å²) in [6.07, 6.45) is 0.540. The fraction of sp³-hybridized carbons (Fsp3) is 0.474. The zero-order chi connectivity index (χ0) is 19.6. The van der Waals surface area contributed by atoms with E-state index in [1.807, 2.05) is 38.1 Å². The average molecular weight is 372 g/mol. The van der Waals surface area contributed by atoms with E-state index in [9.17, 15) is 19.2 Å². The van der Waals surface area contributed by atoms with Crippen LogP contribution in [-0.2, 0) is 14.4 Å². The van der Waals surface area contributed by atoms with Gasteiger partial charge in [-0.25, -0.2) is 4.79 Å². The second-order valence-electron chi connectivity index (χ2n) is 6.89. The van der Waals surface area contributed by atoms with Crippen LogP contribution in [0.5, 0.6) is 0 Å². The Bertz CT molecular complexity index is 761. The molecule has 1 atom stereocenters. The molecule has 2 fully saturated rings. The third-order valence-electron chi connectivity index (χ3n) is 4.85. The van der Waals surface area contributed by atoms with Gasteiger partial charge >= 0.3 is 6.03 Å². The van der Waals surface area contributed by atoms with E-state index in [4.69, 9.17) is 0 Å². The van der Waals surface area contributed by atoms with Crippen LogP contribution in [0.1, 0.15) is 25.3 Å². The number of nitrogens with one attached hydrogen (secondary N) is 1. The maximum atomic E-state index is 12.5. The first-order chi connectivity index (χ1) is 12.9. The van der Waals surface area contributed by atoms with Gasteiger partial charge in [0.1, 0.15) is 12.6 Å². The predicted molar refractivity (Wildman–Crippen MR) is 99.1 cm³/mol. The highest BCUT2D eigenvalue weighted by atomic mass is 16.2. The van der Waals surface area contributed by atoms with E-state index in [0.29, 0.717) is 26.1 Å². The molecule has 2 aliphatic heterocycles. The van der Waals surface area contributed by atoms with Crippen LogP contribution in [0.3, 0.4) is 0 Å². The summed E-state index contributed by atoms with van der Waals surface area (Å²) >= 11 is 0. The molecule has 0 saturated carbocycles. The van der Waals surface area contributed by atoms with E-state index >= 15 is 0 Å². The van der Waals surface area contributed by atoms with Crippen molar-refractivity contribution in [1.82, 2.24) is 15.1 Å². The summed E-state index contributed by atoms with van der Waals surface area (Å²) in [4.78, 5) is 53.3. The van der Waals surface area contributed by atoms with Crippen molar-refractivity contribution >= 4 is 29.4 Å². The lowest BCUT2D eigenvalue weighted by molar-refractivity contribution is -0.139. The fourth-order valence-corrected chi connectivity index (χ4v) is 3.34. The highest BCUT2D eigenvalue weighted by Gasteiger charge is 2.40. The minimum atomic E-state index is -0.846. The number of hydrogen-bond acceptors (Lipinski definition) is 4. The standard InChI is InChI=1S/C19H24N4O4/c1-3-8-23-18(26)15(20-19(23)27)11-16(24)21-9-10-22(17(25)12-21)14-6-4-13(2)5-7-14/h4-7,15H,3,8-12H2,1-2H3,(H,20,27)/t15-/m1/s1. The Morgan fingerprint density at radius 2 is 1.85 bits per heavy atom. The molecule has 1 N–H and O–H groups in total. The van der Waals surface area contributed by atoms with Crippen LogP contribution in [-0.4, -0.2) is 65.8 Å². The number of nitrogens with zero attached hydrogens (tertiary/aromatic N) is 3. The summed E-state index contributed by atoms with van der Waals surface area (Å²) in [6.45, 7) is 4.96. The van der Waals surface area contributed by atoms with Crippen molar-refractivity contribution < 1.29 is 19.2 Å². The molecule has 2 saturated heterocycles. The Labute approximate surface area is 158 Å². The number of urea groups is 1. The van der Waals surface area contributed by atoms with Crippen molar-refractivity contribution in [3.63, 3.8) is 0 Å². The van der Waals surface area contributed by atoms with Gasteiger partial charge in [-0.15, -0.1) is 0 Å².